The van der Waals surface area contributed by atoms with Crippen molar-refractivity contribution in [1.29, 1.82) is 5.26 Å². The second kappa shape index (κ2) is 5.71. The number of nitriles is 1. The molecule has 2 atom stereocenters. The number of nitrogens with zero attached hydrogens (tertiary/aromatic N) is 3. The zero-order chi connectivity index (χ0) is 13.9. The molecule has 1 amide bonds. The maximum atomic E-state index is 12.4. The van der Waals surface area contributed by atoms with E-state index < -0.39 is 0 Å². The molecule has 0 radical (unpaired) electrons. The van der Waals surface area contributed by atoms with Crippen LogP contribution in [0.3, 0.4) is 0 Å². The Morgan fingerprint density at radius 3 is 2.67 bits per heavy atom. The normalized spacial score (nSPS) is 26.6. The Bertz CT molecular complexity index is 345. The highest BCUT2D eigenvalue weighted by Gasteiger charge is 2.42. The number of carbonyl (C=O) groups excluding carboxylic acids is 1. The molecule has 1 aliphatic heterocycles. The van der Waals surface area contributed by atoms with Gasteiger partial charge in [0.15, 0.2) is 0 Å². The van der Waals surface area contributed by atoms with E-state index in [-0.39, 0.29) is 23.9 Å². The average Bonchev–Trinajstić information content (AvgIpc) is 2.40. The third-order valence-electron chi connectivity index (χ3n) is 4.11. The lowest BCUT2D eigenvalue weighted by molar-refractivity contribution is -0.136. The lowest BCUT2D eigenvalue weighted by Crippen LogP contribution is -2.56. The van der Waals surface area contributed by atoms with Gasteiger partial charge in [0.05, 0.1) is 12.5 Å². The van der Waals surface area contributed by atoms with Crippen LogP contribution in [0, 0.1) is 11.3 Å². The van der Waals surface area contributed by atoms with Gasteiger partial charge in [-0.2, -0.15) is 5.26 Å². The summed E-state index contributed by atoms with van der Waals surface area (Å²) in [5.41, 5.74) is -0.0443. The lowest BCUT2D eigenvalue weighted by Gasteiger charge is -2.44. The first-order chi connectivity index (χ1) is 8.35. The number of carbonyl (C=O) groups is 1. The van der Waals surface area contributed by atoms with E-state index in [0.29, 0.717) is 6.04 Å². The Morgan fingerprint density at radius 1 is 1.56 bits per heavy atom. The quantitative estimate of drug-likeness (QED) is 0.771. The first kappa shape index (κ1) is 15.0. The highest BCUT2D eigenvalue weighted by Crippen LogP contribution is 2.30. The summed E-state index contributed by atoms with van der Waals surface area (Å²) in [6.07, 6.45) is 2.21. The van der Waals surface area contributed by atoms with Crippen LogP contribution in [0.1, 0.15) is 47.0 Å². The molecule has 0 aromatic carbocycles. The van der Waals surface area contributed by atoms with Gasteiger partial charge in [-0.05, 0) is 33.6 Å². The van der Waals surface area contributed by atoms with Crippen molar-refractivity contribution < 1.29 is 4.79 Å². The number of rotatable bonds is 3. The number of amides is 1. The van der Waals surface area contributed by atoms with E-state index in [9.17, 15) is 4.79 Å². The molecule has 1 rings (SSSR count). The largest absolute Gasteiger partial charge is 0.344 e. The molecule has 1 fully saturated rings. The van der Waals surface area contributed by atoms with Gasteiger partial charge in [-0.25, -0.2) is 0 Å². The molecule has 0 bridgehead atoms. The van der Waals surface area contributed by atoms with Crippen LogP contribution in [0.4, 0.5) is 0 Å². The SMILES string of the molecule is CCC(C)N1C(CC#N)C(=O)N(C)CCC1(C)C. The molecule has 4 heteroatoms. The van der Waals surface area contributed by atoms with Crippen LogP contribution in [-0.4, -0.2) is 46.9 Å². The standard InChI is InChI=1S/C14H25N3O/c1-6-11(2)17-12(7-9-15)13(18)16(5)10-8-14(17,3)4/h11-12H,6-8,10H2,1-5H3. The van der Waals surface area contributed by atoms with Crippen LogP contribution in [-0.2, 0) is 4.79 Å². The molecule has 1 aliphatic rings. The summed E-state index contributed by atoms with van der Waals surface area (Å²) >= 11 is 0. The minimum atomic E-state index is -0.299. The van der Waals surface area contributed by atoms with Crippen molar-refractivity contribution in [2.75, 3.05) is 13.6 Å². The summed E-state index contributed by atoms with van der Waals surface area (Å²) in [7, 11) is 1.84. The highest BCUT2D eigenvalue weighted by atomic mass is 16.2. The third kappa shape index (κ3) is 2.84. The number of hydrogen-bond acceptors (Lipinski definition) is 3. The van der Waals surface area contributed by atoms with Crippen LogP contribution >= 0.6 is 0 Å². The minimum absolute atomic E-state index is 0.0443. The van der Waals surface area contributed by atoms with E-state index in [4.69, 9.17) is 5.26 Å². The second-order valence-corrected chi connectivity index (χ2v) is 5.86. The molecule has 0 aromatic heterocycles. The van der Waals surface area contributed by atoms with Gasteiger partial charge in [0.1, 0.15) is 6.04 Å². The maximum absolute atomic E-state index is 12.4. The monoisotopic (exact) mass is 251 g/mol. The molecule has 2 unspecified atom stereocenters. The fourth-order valence-electron chi connectivity index (χ4n) is 2.85. The van der Waals surface area contributed by atoms with E-state index in [1.54, 1.807) is 4.90 Å². The molecule has 102 valence electrons. The highest BCUT2D eigenvalue weighted by molar-refractivity contribution is 5.82. The fourth-order valence-corrected chi connectivity index (χ4v) is 2.85. The summed E-state index contributed by atoms with van der Waals surface area (Å²) in [5.74, 6) is 0.0856. The maximum Gasteiger partial charge on any atom is 0.240 e. The van der Waals surface area contributed by atoms with E-state index in [0.717, 1.165) is 19.4 Å². The molecule has 0 N–H and O–H groups in total. The van der Waals surface area contributed by atoms with Gasteiger partial charge in [0.2, 0.25) is 5.91 Å². The Balaban J connectivity index is 3.15. The summed E-state index contributed by atoms with van der Waals surface area (Å²) < 4.78 is 0. The third-order valence-corrected chi connectivity index (χ3v) is 4.11. The van der Waals surface area contributed by atoms with Crippen molar-refractivity contribution in [2.45, 2.75) is 64.6 Å². The van der Waals surface area contributed by atoms with Gasteiger partial charge >= 0.3 is 0 Å². The zero-order valence-electron chi connectivity index (χ0n) is 12.2. The van der Waals surface area contributed by atoms with Crippen LogP contribution in [0.25, 0.3) is 0 Å². The van der Waals surface area contributed by atoms with Crippen LogP contribution in [0.15, 0.2) is 0 Å². The number of likely N-dealkylation sites (N-methyl/N-ethyl adjacent to an activating group) is 1. The molecule has 0 spiro atoms. The minimum Gasteiger partial charge on any atom is -0.344 e. The molecular formula is C14H25N3O. The summed E-state index contributed by atoms with van der Waals surface area (Å²) in [5, 5.41) is 9.01. The van der Waals surface area contributed by atoms with Crippen molar-refractivity contribution in [3.63, 3.8) is 0 Å². The summed E-state index contributed by atoms with van der Waals surface area (Å²) in [6, 6.07) is 2.19. The van der Waals surface area contributed by atoms with Gasteiger partial charge in [-0.15, -0.1) is 0 Å². The van der Waals surface area contributed by atoms with Gasteiger partial charge in [-0.1, -0.05) is 6.92 Å². The van der Waals surface area contributed by atoms with E-state index in [2.05, 4.69) is 38.7 Å². The van der Waals surface area contributed by atoms with Crippen LogP contribution in [0.5, 0.6) is 0 Å². The van der Waals surface area contributed by atoms with Crippen molar-refractivity contribution in [3.8, 4) is 6.07 Å². The van der Waals surface area contributed by atoms with Crippen LogP contribution in [0.2, 0.25) is 0 Å². The van der Waals surface area contributed by atoms with Crippen molar-refractivity contribution in [1.82, 2.24) is 9.80 Å². The van der Waals surface area contributed by atoms with Crippen molar-refractivity contribution in [3.05, 3.63) is 0 Å². The Hall–Kier alpha value is -1.08. The predicted molar refractivity (Wildman–Crippen MR) is 71.9 cm³/mol. The molecular weight excluding hydrogens is 226 g/mol. The molecule has 1 saturated heterocycles. The topological polar surface area (TPSA) is 47.3 Å². The number of hydrogen-bond donors (Lipinski definition) is 0. The van der Waals surface area contributed by atoms with Crippen LogP contribution < -0.4 is 0 Å². The average molecular weight is 251 g/mol. The van der Waals surface area contributed by atoms with Gasteiger partial charge < -0.3 is 4.90 Å². The first-order valence-corrected chi connectivity index (χ1v) is 6.75. The van der Waals surface area contributed by atoms with Gasteiger partial charge in [0.25, 0.3) is 0 Å². The summed E-state index contributed by atoms with van der Waals surface area (Å²) in [6.45, 7) is 9.39. The fraction of sp³-hybridized carbons (Fsp3) is 0.857. The molecule has 0 saturated carbocycles. The Morgan fingerprint density at radius 2 is 2.17 bits per heavy atom. The molecule has 1 heterocycles. The van der Waals surface area contributed by atoms with Gasteiger partial charge in [0, 0.05) is 25.2 Å². The Kier molecular flexibility index (Phi) is 4.75. The Labute approximate surface area is 111 Å². The molecule has 4 nitrogen and oxygen atoms in total. The van der Waals surface area contributed by atoms with Crippen molar-refractivity contribution in [2.24, 2.45) is 0 Å². The zero-order valence-corrected chi connectivity index (χ0v) is 12.2. The lowest BCUT2D eigenvalue weighted by atomic mass is 9.93. The smallest absolute Gasteiger partial charge is 0.240 e. The second-order valence-electron chi connectivity index (χ2n) is 5.86. The van der Waals surface area contributed by atoms with Gasteiger partial charge in [-0.3, -0.25) is 9.69 Å². The molecule has 0 aromatic rings. The van der Waals surface area contributed by atoms with E-state index >= 15 is 0 Å². The first-order valence-electron chi connectivity index (χ1n) is 6.75. The van der Waals surface area contributed by atoms with E-state index in [1.165, 1.54) is 0 Å². The predicted octanol–water partition coefficient (Wildman–Crippen LogP) is 2.01. The molecule has 0 aliphatic carbocycles. The summed E-state index contributed by atoms with van der Waals surface area (Å²) in [4.78, 5) is 16.4. The van der Waals surface area contributed by atoms with Crippen molar-refractivity contribution >= 4 is 5.91 Å². The van der Waals surface area contributed by atoms with E-state index in [1.807, 2.05) is 7.05 Å². The molecule has 18 heavy (non-hydrogen) atoms.